The Morgan fingerprint density at radius 3 is 0.571 bits per heavy atom. The first-order valence-electron chi connectivity index (χ1n) is 35.0. The van der Waals surface area contributed by atoms with Crippen molar-refractivity contribution in [3.63, 3.8) is 0 Å². The van der Waals surface area contributed by atoms with Crippen LogP contribution in [0.2, 0.25) is 0 Å². The molecule has 0 unspecified atom stereocenters. The van der Waals surface area contributed by atoms with Gasteiger partial charge in [0, 0.05) is 66.8 Å². The van der Waals surface area contributed by atoms with Crippen molar-refractivity contribution in [1.29, 1.82) is 0 Å². The van der Waals surface area contributed by atoms with Gasteiger partial charge in [-0.25, -0.2) is 29.9 Å². The fourth-order valence-corrected chi connectivity index (χ4v) is 12.7. The van der Waals surface area contributed by atoms with Gasteiger partial charge >= 0.3 is 0 Å². The summed E-state index contributed by atoms with van der Waals surface area (Å²) >= 11 is 0. The highest BCUT2D eigenvalue weighted by Crippen LogP contribution is 2.43. The summed E-state index contributed by atoms with van der Waals surface area (Å²) in [5.41, 5.74) is 23.3. The van der Waals surface area contributed by atoms with E-state index in [1.807, 2.05) is 182 Å². The fraction of sp³-hybridized carbons (Fsp3) is 0.133. The van der Waals surface area contributed by atoms with Crippen LogP contribution in [-0.2, 0) is 16.2 Å². The molecule has 0 aliphatic carbocycles. The molecular weight excluding hydrogens is 1300 g/mol. The van der Waals surface area contributed by atoms with Gasteiger partial charge in [0.05, 0.1) is 67.3 Å². The minimum atomic E-state index is 0.0321. The van der Waals surface area contributed by atoms with Crippen LogP contribution in [0.25, 0.3) is 169 Å². The Hall–Kier alpha value is -13.1. The zero-order valence-electron chi connectivity index (χ0n) is 59.6. The van der Waals surface area contributed by atoms with Gasteiger partial charge in [0.1, 0.15) is 0 Å². The van der Waals surface area contributed by atoms with E-state index < -0.39 is 0 Å². The lowest BCUT2D eigenvalue weighted by Crippen LogP contribution is -2.10. The van der Waals surface area contributed by atoms with E-state index in [-0.39, 0.29) is 16.2 Å². The second-order valence-corrected chi connectivity index (χ2v) is 29.1. The summed E-state index contributed by atoms with van der Waals surface area (Å²) in [7, 11) is 0. The Balaban J connectivity index is 0.000000162. The number of para-hydroxylation sites is 6. The number of benzene rings is 11. The van der Waals surface area contributed by atoms with Gasteiger partial charge in [0.2, 0.25) is 35.3 Å². The minimum absolute atomic E-state index is 0.0321. The number of hydrogen-bond donors (Lipinski definition) is 0. The van der Waals surface area contributed by atoms with Crippen molar-refractivity contribution in [3.8, 4) is 136 Å². The van der Waals surface area contributed by atoms with Crippen LogP contribution in [0.4, 0.5) is 0 Å². The maximum atomic E-state index is 6.23. The molecule has 0 aliphatic heterocycles. The van der Waals surface area contributed by atoms with Crippen molar-refractivity contribution in [2.24, 2.45) is 0 Å². The highest BCUT2D eigenvalue weighted by molar-refractivity contribution is 5.95. The number of rotatable bonds is 12. The maximum absolute atomic E-state index is 6.23. The van der Waals surface area contributed by atoms with Gasteiger partial charge in [0.15, 0.2) is 0 Å². The van der Waals surface area contributed by atoms with Gasteiger partial charge in [-0.2, -0.15) is 0 Å². The van der Waals surface area contributed by atoms with Crippen molar-refractivity contribution in [2.45, 2.75) is 78.6 Å². The first kappa shape index (κ1) is 66.4. The largest absolute Gasteiger partial charge is 0.416 e. The standard InChI is InChI=1S/C48H30N6.C42H42N6O3/c1-4-16-31(17-5-1)43-46(52-40-25-13-10-22-37(40)49-43)34-28-35(47-44(32-18-6-2-7-19-32)50-38-23-11-14-26-41(38)53-47)30-36(29-34)48-45(33-20-8-3-9-21-33)51-39-24-12-15-27-42(39)54-48;1-40(2,3)31-16-10-25(11-17-31)34-43-46-37(49-34)28-22-29(38-47-44-35(50-38)26-12-18-32(19-13-26)41(4,5)6)24-30(23-28)39-48-45-36(51-39)27-14-20-33(21-15-27)42(7,8)9/h1-30H;10-24H,1-9H3. The molecule has 0 spiro atoms. The van der Waals surface area contributed by atoms with Crippen molar-refractivity contribution < 1.29 is 13.3 Å². The number of fused-ring (bicyclic) bond motifs is 3. The predicted molar refractivity (Wildman–Crippen MR) is 417 cm³/mol. The summed E-state index contributed by atoms with van der Waals surface area (Å²) in [4.78, 5) is 31.6. The molecule has 0 atom stereocenters. The van der Waals surface area contributed by atoms with Crippen molar-refractivity contribution in [3.05, 3.63) is 290 Å². The molecule has 17 aromatic rings. The topological polar surface area (TPSA) is 194 Å². The van der Waals surface area contributed by atoms with E-state index in [4.69, 9.17) is 43.2 Å². The fourth-order valence-electron chi connectivity index (χ4n) is 12.7. The number of aromatic nitrogens is 12. The molecule has 0 radical (unpaired) electrons. The Bertz CT molecular complexity index is 5400. The van der Waals surface area contributed by atoms with Gasteiger partial charge < -0.3 is 13.3 Å². The van der Waals surface area contributed by atoms with Crippen molar-refractivity contribution >= 4 is 33.1 Å². The Morgan fingerprint density at radius 2 is 0.362 bits per heavy atom. The molecule has 0 saturated heterocycles. The zero-order chi connectivity index (χ0) is 72.0. The first-order valence-corrected chi connectivity index (χ1v) is 35.0. The van der Waals surface area contributed by atoms with Crippen molar-refractivity contribution in [2.75, 3.05) is 0 Å². The summed E-state index contributed by atoms with van der Waals surface area (Å²) in [5.74, 6) is 2.20. The van der Waals surface area contributed by atoms with E-state index in [0.717, 1.165) is 117 Å². The Labute approximate surface area is 608 Å². The van der Waals surface area contributed by atoms with Crippen LogP contribution < -0.4 is 0 Å². The number of nitrogens with zero attached hydrogens (tertiary/aromatic N) is 12. The van der Waals surface area contributed by atoms with Gasteiger partial charge in [0.25, 0.3) is 0 Å². The highest BCUT2D eigenvalue weighted by atomic mass is 16.4. The van der Waals surface area contributed by atoms with Gasteiger partial charge in [-0.3, -0.25) is 0 Å². The van der Waals surface area contributed by atoms with Crippen LogP contribution in [0.1, 0.15) is 79.0 Å². The highest BCUT2D eigenvalue weighted by Gasteiger charge is 2.26. The molecule has 0 fully saturated rings. The molecule has 6 aromatic heterocycles. The van der Waals surface area contributed by atoms with Gasteiger partial charge in [-0.05, 0) is 142 Å². The molecule has 0 amide bonds. The van der Waals surface area contributed by atoms with Crippen LogP contribution in [-0.4, -0.2) is 60.5 Å². The first-order chi connectivity index (χ1) is 50.9. The molecule has 0 saturated carbocycles. The predicted octanol–water partition coefficient (Wildman–Crippen LogP) is 22.2. The summed E-state index contributed by atoms with van der Waals surface area (Å²) in [6, 6.07) is 91.5. The molecule has 15 heteroatoms. The van der Waals surface area contributed by atoms with E-state index >= 15 is 0 Å². The lowest BCUT2D eigenvalue weighted by molar-refractivity contribution is 0.578. The zero-order valence-corrected chi connectivity index (χ0v) is 59.6. The van der Waals surface area contributed by atoms with Crippen LogP contribution in [0.3, 0.4) is 0 Å². The summed E-state index contributed by atoms with van der Waals surface area (Å²) in [5, 5.41) is 26.4. The minimum Gasteiger partial charge on any atom is -0.416 e. The SMILES string of the molecule is CC(C)(C)c1ccc(-c2nnc(-c3cc(-c4nnc(-c5ccc(C(C)(C)C)cc5)o4)cc(-c4nnc(-c5ccc(C(C)(C)C)cc5)o4)c3)o2)cc1.c1ccc(-c2nc3ccccc3nc2-c2cc(-c3nc4ccccc4nc3-c3ccccc3)cc(-c3nc4ccccc4nc3-c3ccccc3)c2)cc1. The molecule has 0 N–H and O–H groups in total. The average molecular weight is 1370 g/mol. The molecular formula is C90H72N12O3. The molecule has 0 bridgehead atoms. The lowest BCUT2D eigenvalue weighted by atomic mass is 9.87. The van der Waals surface area contributed by atoms with Crippen molar-refractivity contribution in [1.82, 2.24) is 60.5 Å². The summed E-state index contributed by atoms with van der Waals surface area (Å²) in [6.45, 7) is 19.6. The Kier molecular flexibility index (Phi) is 17.3. The van der Waals surface area contributed by atoms with E-state index in [9.17, 15) is 0 Å². The van der Waals surface area contributed by atoms with Crippen LogP contribution in [0, 0.1) is 0 Å². The molecule has 15 nitrogen and oxygen atoms in total. The average Bonchev–Trinajstić information content (AvgIpc) is 1.54. The third kappa shape index (κ3) is 13.9. The second kappa shape index (κ2) is 27.3. The van der Waals surface area contributed by atoms with Crippen LogP contribution >= 0.6 is 0 Å². The Morgan fingerprint density at radius 1 is 0.181 bits per heavy atom. The monoisotopic (exact) mass is 1370 g/mol. The van der Waals surface area contributed by atoms with E-state index in [1.165, 1.54) is 16.7 Å². The quantitative estimate of drug-likeness (QED) is 0.112. The summed E-state index contributed by atoms with van der Waals surface area (Å²) in [6.07, 6.45) is 0. The molecule has 510 valence electrons. The molecule has 17 rings (SSSR count). The van der Waals surface area contributed by atoms with E-state index in [2.05, 4.69) is 184 Å². The van der Waals surface area contributed by atoms with Gasteiger partial charge in [-0.15, -0.1) is 30.6 Å². The van der Waals surface area contributed by atoms with E-state index in [0.29, 0.717) is 52.0 Å². The van der Waals surface area contributed by atoms with Crippen LogP contribution in [0.5, 0.6) is 0 Å². The molecule has 105 heavy (non-hydrogen) atoms. The third-order valence-corrected chi connectivity index (χ3v) is 18.5. The number of hydrogen-bond acceptors (Lipinski definition) is 15. The molecule has 6 heterocycles. The molecule has 0 aliphatic rings. The third-order valence-electron chi connectivity index (χ3n) is 18.5. The summed E-state index contributed by atoms with van der Waals surface area (Å²) < 4.78 is 18.7. The second-order valence-electron chi connectivity index (χ2n) is 29.1. The van der Waals surface area contributed by atoms with E-state index in [1.54, 1.807) is 0 Å². The van der Waals surface area contributed by atoms with Gasteiger partial charge in [-0.1, -0.05) is 226 Å². The normalized spacial score (nSPS) is 11.9. The molecule has 11 aromatic carbocycles. The van der Waals surface area contributed by atoms with Crippen LogP contribution in [0.15, 0.2) is 286 Å². The maximum Gasteiger partial charge on any atom is 0.248 e. The smallest absolute Gasteiger partial charge is 0.248 e. The lowest BCUT2D eigenvalue weighted by Gasteiger charge is -2.18.